The number of hydrogen-bond acceptors (Lipinski definition) is 2. The van der Waals surface area contributed by atoms with Crippen LogP contribution in [0.3, 0.4) is 0 Å². The van der Waals surface area contributed by atoms with E-state index in [4.69, 9.17) is 5.10 Å². The monoisotopic (exact) mass is 554 g/mol. The molecule has 5 aromatic carbocycles. The van der Waals surface area contributed by atoms with Crippen LogP contribution >= 0.6 is 0 Å². The van der Waals surface area contributed by atoms with Crippen LogP contribution in [-0.4, -0.2) is 21.2 Å². The Kier molecular flexibility index (Phi) is 4.98. The molecule has 0 saturated heterocycles. The zero-order chi connectivity index (χ0) is 28.8. The summed E-state index contributed by atoms with van der Waals surface area (Å²) in [7, 11) is 2.12. The van der Waals surface area contributed by atoms with Gasteiger partial charge >= 0.3 is 6.85 Å². The first kappa shape index (κ1) is 24.3. The molecule has 0 aliphatic carbocycles. The van der Waals surface area contributed by atoms with Crippen molar-refractivity contribution in [2.75, 3.05) is 4.81 Å². The highest BCUT2D eigenvalue weighted by atomic mass is 15.3. The summed E-state index contributed by atoms with van der Waals surface area (Å²) in [4.78, 5) is 2.55. The van der Waals surface area contributed by atoms with Crippen molar-refractivity contribution in [2.24, 2.45) is 7.05 Å². The highest BCUT2D eigenvalue weighted by molar-refractivity contribution is 6.92. The van der Waals surface area contributed by atoms with E-state index in [1.54, 1.807) is 0 Å². The molecule has 2 aliphatic heterocycles. The SMILES string of the molecule is Cc1cc(C)n(-c2ccc3c(c2)B2c4cc(-n5c[n+](C)c6ccccc65)ccc4-c4ccccc4N2c2ccccc2-3)n1. The largest absolute Gasteiger partial charge is 0.376 e. The molecule has 7 aromatic rings. The minimum Gasteiger partial charge on any atom is -0.376 e. The summed E-state index contributed by atoms with van der Waals surface area (Å²) in [6.45, 7) is 4.18. The molecule has 2 aromatic heterocycles. The zero-order valence-electron chi connectivity index (χ0n) is 24.4. The van der Waals surface area contributed by atoms with Gasteiger partial charge in [-0.05, 0) is 90.5 Å². The van der Waals surface area contributed by atoms with Gasteiger partial charge in [-0.3, -0.25) is 0 Å². The van der Waals surface area contributed by atoms with Crippen LogP contribution in [0.4, 0.5) is 11.4 Å². The van der Waals surface area contributed by atoms with E-state index in [2.05, 4.69) is 161 Å². The molecule has 6 heteroatoms. The standard InChI is InChI=1S/C37H29BN5/c1-24-20-25(2)43(39-24)27-17-19-29-31-11-5-7-13-35(31)42-34-12-6-4-10-30(34)28-18-16-26(21-32(28)38(42)33(29)22-27)41-23-40(3)36-14-8-9-15-37(36)41/h4-23H,1-3H3/q+1. The van der Waals surface area contributed by atoms with E-state index < -0.39 is 0 Å². The second kappa shape index (κ2) is 8.82. The van der Waals surface area contributed by atoms with Gasteiger partial charge < -0.3 is 4.81 Å². The van der Waals surface area contributed by atoms with Gasteiger partial charge in [0.15, 0.2) is 11.0 Å². The zero-order valence-corrected chi connectivity index (χ0v) is 24.4. The van der Waals surface area contributed by atoms with Crippen LogP contribution in [0.15, 0.2) is 122 Å². The predicted octanol–water partition coefficient (Wildman–Crippen LogP) is 6.16. The molecule has 0 bridgehead atoms. The Morgan fingerprint density at radius 2 is 1.23 bits per heavy atom. The Morgan fingerprint density at radius 1 is 0.628 bits per heavy atom. The van der Waals surface area contributed by atoms with E-state index in [-0.39, 0.29) is 6.85 Å². The summed E-state index contributed by atoms with van der Waals surface area (Å²) < 4.78 is 6.58. The number of anilines is 2. The fourth-order valence-electron chi connectivity index (χ4n) is 7.36. The Bertz CT molecular complexity index is 2260. The molecule has 204 valence electrons. The van der Waals surface area contributed by atoms with Crippen molar-refractivity contribution >= 4 is 40.2 Å². The number of benzene rings is 5. The fraction of sp³-hybridized carbons (Fsp3) is 0.0811. The minimum absolute atomic E-state index is 0.00208. The number of para-hydroxylation sites is 4. The van der Waals surface area contributed by atoms with Crippen LogP contribution in [0.2, 0.25) is 0 Å². The summed E-state index contributed by atoms with van der Waals surface area (Å²) in [5.41, 5.74) is 16.9. The summed E-state index contributed by atoms with van der Waals surface area (Å²) in [5.74, 6) is 0. The van der Waals surface area contributed by atoms with Crippen LogP contribution in [0.5, 0.6) is 0 Å². The molecular formula is C37H29BN5+. The molecular weight excluding hydrogens is 525 g/mol. The van der Waals surface area contributed by atoms with Crippen LogP contribution in [-0.2, 0) is 7.05 Å². The Hall–Kier alpha value is -5.36. The first-order valence-corrected chi connectivity index (χ1v) is 14.8. The molecule has 0 N–H and O–H groups in total. The molecule has 0 fully saturated rings. The number of imidazole rings is 1. The van der Waals surface area contributed by atoms with Crippen molar-refractivity contribution in [1.82, 2.24) is 14.3 Å². The lowest BCUT2D eigenvalue weighted by Crippen LogP contribution is -2.59. The number of aromatic nitrogens is 4. The lowest BCUT2D eigenvalue weighted by molar-refractivity contribution is -0.645. The number of rotatable bonds is 2. The molecule has 0 spiro atoms. The second-order valence-corrected chi connectivity index (χ2v) is 11.8. The average molecular weight is 554 g/mol. The maximum absolute atomic E-state index is 4.84. The number of aryl methyl sites for hydroxylation is 3. The summed E-state index contributed by atoms with van der Waals surface area (Å²) in [6.07, 6.45) is 2.19. The highest BCUT2D eigenvalue weighted by Crippen LogP contribution is 2.46. The van der Waals surface area contributed by atoms with Crippen molar-refractivity contribution in [3.05, 3.63) is 133 Å². The van der Waals surface area contributed by atoms with E-state index in [9.17, 15) is 0 Å². The second-order valence-electron chi connectivity index (χ2n) is 11.8. The van der Waals surface area contributed by atoms with E-state index in [1.165, 1.54) is 55.6 Å². The molecule has 5 nitrogen and oxygen atoms in total. The lowest BCUT2D eigenvalue weighted by Gasteiger charge is -2.43. The predicted molar refractivity (Wildman–Crippen MR) is 176 cm³/mol. The average Bonchev–Trinajstić information content (AvgIpc) is 3.57. The van der Waals surface area contributed by atoms with Gasteiger partial charge in [-0.2, -0.15) is 9.67 Å². The molecule has 0 amide bonds. The number of nitrogens with zero attached hydrogens (tertiary/aromatic N) is 5. The third-order valence-corrected chi connectivity index (χ3v) is 9.17. The smallest absolute Gasteiger partial charge is 0.329 e. The lowest BCUT2D eigenvalue weighted by atomic mass is 9.43. The summed E-state index contributed by atoms with van der Waals surface area (Å²) >= 11 is 0. The molecule has 0 saturated carbocycles. The quantitative estimate of drug-likeness (QED) is 0.189. The van der Waals surface area contributed by atoms with E-state index in [1.807, 2.05) is 0 Å². The van der Waals surface area contributed by atoms with Gasteiger partial charge in [0.2, 0.25) is 6.33 Å². The Morgan fingerprint density at radius 3 is 1.91 bits per heavy atom. The van der Waals surface area contributed by atoms with Gasteiger partial charge in [-0.1, -0.05) is 60.7 Å². The molecule has 0 radical (unpaired) electrons. The number of fused-ring (bicyclic) bond motifs is 12. The van der Waals surface area contributed by atoms with Crippen LogP contribution in [0, 0.1) is 13.8 Å². The molecule has 4 heterocycles. The van der Waals surface area contributed by atoms with E-state index in [0.717, 1.165) is 22.8 Å². The first-order chi connectivity index (χ1) is 21.1. The third kappa shape index (κ3) is 3.41. The van der Waals surface area contributed by atoms with Crippen molar-refractivity contribution in [3.63, 3.8) is 0 Å². The Balaban J connectivity index is 1.35. The molecule has 0 atom stereocenters. The van der Waals surface area contributed by atoms with Gasteiger partial charge in [0.05, 0.1) is 18.4 Å². The van der Waals surface area contributed by atoms with Crippen LogP contribution < -0.4 is 20.3 Å². The third-order valence-electron chi connectivity index (χ3n) is 9.17. The van der Waals surface area contributed by atoms with Gasteiger partial charge in [0.25, 0.3) is 0 Å². The van der Waals surface area contributed by atoms with Gasteiger partial charge in [0.1, 0.15) is 5.69 Å². The normalized spacial score (nSPS) is 12.9. The van der Waals surface area contributed by atoms with Gasteiger partial charge in [-0.15, -0.1) is 0 Å². The summed E-state index contributed by atoms with van der Waals surface area (Å²) in [5, 5.41) is 4.84. The van der Waals surface area contributed by atoms with Crippen molar-refractivity contribution in [1.29, 1.82) is 0 Å². The maximum Gasteiger partial charge on any atom is 0.329 e. The van der Waals surface area contributed by atoms with Gasteiger partial charge in [-0.25, -0.2) is 9.25 Å². The van der Waals surface area contributed by atoms with E-state index in [0.29, 0.717) is 0 Å². The molecule has 0 unspecified atom stereocenters. The molecule has 2 aliphatic rings. The fourth-order valence-corrected chi connectivity index (χ4v) is 7.36. The van der Waals surface area contributed by atoms with Crippen molar-refractivity contribution < 1.29 is 4.57 Å². The maximum atomic E-state index is 4.84. The van der Waals surface area contributed by atoms with Crippen LogP contribution in [0.25, 0.3) is 44.7 Å². The number of hydrogen-bond donors (Lipinski definition) is 0. The van der Waals surface area contributed by atoms with Crippen molar-refractivity contribution in [2.45, 2.75) is 13.8 Å². The topological polar surface area (TPSA) is 29.9 Å². The first-order valence-electron chi connectivity index (χ1n) is 14.8. The summed E-state index contributed by atoms with van der Waals surface area (Å²) in [6, 6.07) is 42.3. The van der Waals surface area contributed by atoms with Crippen LogP contribution in [0.1, 0.15) is 11.4 Å². The molecule has 9 rings (SSSR count). The molecule has 43 heavy (non-hydrogen) atoms. The Labute approximate surface area is 251 Å². The minimum atomic E-state index is 0.00208. The highest BCUT2D eigenvalue weighted by Gasteiger charge is 2.42. The van der Waals surface area contributed by atoms with Gasteiger partial charge in [0, 0.05) is 28.2 Å². The van der Waals surface area contributed by atoms with E-state index >= 15 is 0 Å². The van der Waals surface area contributed by atoms with Crippen molar-refractivity contribution in [3.8, 4) is 33.6 Å².